The zero-order valence-corrected chi connectivity index (χ0v) is 14.6. The van der Waals surface area contributed by atoms with Gasteiger partial charge in [-0.25, -0.2) is 0 Å². The number of carboxylic acids is 1. The largest absolute Gasteiger partial charge is 0.480 e. The Balaban J connectivity index is 1.63. The van der Waals surface area contributed by atoms with Gasteiger partial charge in [0.05, 0.1) is 0 Å². The second kappa shape index (κ2) is 8.31. The van der Waals surface area contributed by atoms with E-state index in [1.54, 1.807) is 0 Å². The zero-order valence-electron chi connectivity index (χ0n) is 14.6. The molecule has 1 saturated heterocycles. The van der Waals surface area contributed by atoms with Crippen molar-refractivity contribution in [3.05, 3.63) is 35.9 Å². The molecule has 1 aromatic carbocycles. The van der Waals surface area contributed by atoms with E-state index in [0.29, 0.717) is 6.42 Å². The molecular formula is C19H25N3O4. The number of aliphatic carboxylic acids is 1. The molecule has 0 aromatic heterocycles. The molecule has 0 radical (unpaired) electrons. The highest BCUT2D eigenvalue weighted by Crippen LogP contribution is 2.18. The van der Waals surface area contributed by atoms with E-state index in [1.165, 1.54) is 6.42 Å². The average Bonchev–Trinajstić information content (AvgIpc) is 3.44. The minimum Gasteiger partial charge on any atom is -0.480 e. The summed E-state index contributed by atoms with van der Waals surface area (Å²) in [7, 11) is 0. The molecule has 1 aliphatic carbocycles. The summed E-state index contributed by atoms with van der Waals surface area (Å²) >= 11 is 0. The summed E-state index contributed by atoms with van der Waals surface area (Å²) in [5.74, 6) is -1.71. The first-order chi connectivity index (χ1) is 12.5. The molecule has 1 aromatic rings. The number of nitrogens with one attached hydrogen (secondary N) is 3. The maximum Gasteiger partial charge on any atom is 0.322 e. The third kappa shape index (κ3) is 4.82. The minimum atomic E-state index is -1.06. The van der Waals surface area contributed by atoms with Gasteiger partial charge in [-0.1, -0.05) is 49.6 Å². The lowest BCUT2D eigenvalue weighted by molar-refractivity contribution is -0.137. The normalized spacial score (nSPS) is 23.7. The molecule has 0 unspecified atom stereocenters. The van der Waals surface area contributed by atoms with E-state index in [0.717, 1.165) is 31.2 Å². The minimum absolute atomic E-state index is 0.150. The molecule has 0 spiro atoms. The molecule has 2 aliphatic rings. The number of rotatable bonds is 7. The van der Waals surface area contributed by atoms with Crippen LogP contribution in [-0.4, -0.2) is 47.1 Å². The van der Waals surface area contributed by atoms with Crippen LogP contribution in [0.1, 0.15) is 37.7 Å². The summed E-state index contributed by atoms with van der Waals surface area (Å²) in [6, 6.07) is 7.27. The fourth-order valence-electron chi connectivity index (χ4n) is 3.45. The second-order valence-electron chi connectivity index (χ2n) is 7.05. The van der Waals surface area contributed by atoms with Crippen molar-refractivity contribution in [3.63, 3.8) is 0 Å². The summed E-state index contributed by atoms with van der Waals surface area (Å²) in [5, 5.41) is 17.3. The standard InChI is InChI=1S/C19H25N3O4/c23-17(20-13-9-5-2-6-10-13)14(11-12-7-3-1-4-8-12)21-18(24)15-16(22-15)19(25)26/h1,3-4,7-8,13-16,22H,2,5-6,9-11H2,(H,20,23)(H,21,24)(H,25,26)/t14-,15-,16-/m0/s1. The number of carboxylic acid groups (broad SMARTS) is 1. The Hall–Kier alpha value is -2.41. The van der Waals surface area contributed by atoms with Crippen molar-refractivity contribution in [2.24, 2.45) is 0 Å². The predicted octanol–water partition coefficient (Wildman–Crippen LogP) is 0.588. The number of carbonyl (C=O) groups excluding carboxylic acids is 2. The molecule has 1 aliphatic heterocycles. The molecule has 2 amide bonds. The number of hydrogen-bond donors (Lipinski definition) is 4. The van der Waals surface area contributed by atoms with Gasteiger partial charge in [0.25, 0.3) is 0 Å². The van der Waals surface area contributed by atoms with Crippen LogP contribution in [0.2, 0.25) is 0 Å². The van der Waals surface area contributed by atoms with Crippen LogP contribution in [0.15, 0.2) is 30.3 Å². The summed E-state index contributed by atoms with van der Waals surface area (Å²) < 4.78 is 0. The van der Waals surface area contributed by atoms with Crippen LogP contribution in [0.4, 0.5) is 0 Å². The van der Waals surface area contributed by atoms with Crippen molar-refractivity contribution in [1.82, 2.24) is 16.0 Å². The quantitative estimate of drug-likeness (QED) is 0.532. The third-order valence-corrected chi connectivity index (χ3v) is 5.00. The number of hydrogen-bond acceptors (Lipinski definition) is 4. The Labute approximate surface area is 152 Å². The molecule has 3 atom stereocenters. The van der Waals surface area contributed by atoms with Gasteiger partial charge in [0, 0.05) is 12.5 Å². The van der Waals surface area contributed by atoms with Crippen molar-refractivity contribution < 1.29 is 19.5 Å². The van der Waals surface area contributed by atoms with Crippen molar-refractivity contribution in [1.29, 1.82) is 0 Å². The van der Waals surface area contributed by atoms with Crippen molar-refractivity contribution in [3.8, 4) is 0 Å². The van der Waals surface area contributed by atoms with E-state index < -0.39 is 30.0 Å². The van der Waals surface area contributed by atoms with Crippen LogP contribution in [0.3, 0.4) is 0 Å². The molecule has 140 valence electrons. The molecule has 7 nitrogen and oxygen atoms in total. The smallest absolute Gasteiger partial charge is 0.322 e. The molecule has 2 fully saturated rings. The van der Waals surface area contributed by atoms with Crippen molar-refractivity contribution >= 4 is 17.8 Å². The van der Waals surface area contributed by atoms with Crippen LogP contribution in [0, 0.1) is 0 Å². The summed E-state index contributed by atoms with van der Waals surface area (Å²) in [5.41, 5.74) is 0.940. The van der Waals surface area contributed by atoms with Crippen LogP contribution in [0.25, 0.3) is 0 Å². The van der Waals surface area contributed by atoms with Crippen LogP contribution >= 0.6 is 0 Å². The van der Waals surface area contributed by atoms with E-state index >= 15 is 0 Å². The van der Waals surface area contributed by atoms with Crippen molar-refractivity contribution in [2.75, 3.05) is 0 Å². The van der Waals surface area contributed by atoms with E-state index in [1.807, 2.05) is 30.3 Å². The maximum absolute atomic E-state index is 12.7. The van der Waals surface area contributed by atoms with E-state index in [-0.39, 0.29) is 11.9 Å². The summed E-state index contributed by atoms with van der Waals surface area (Å²) in [4.78, 5) is 36.0. The highest BCUT2D eigenvalue weighted by molar-refractivity contribution is 5.97. The van der Waals surface area contributed by atoms with Crippen LogP contribution in [0.5, 0.6) is 0 Å². The first-order valence-corrected chi connectivity index (χ1v) is 9.18. The van der Waals surface area contributed by atoms with Gasteiger partial charge >= 0.3 is 5.97 Å². The lowest BCUT2D eigenvalue weighted by Gasteiger charge is -2.26. The Bertz CT molecular complexity index is 658. The third-order valence-electron chi connectivity index (χ3n) is 5.00. The predicted molar refractivity (Wildman–Crippen MR) is 95.4 cm³/mol. The lowest BCUT2D eigenvalue weighted by atomic mass is 9.95. The Morgan fingerprint density at radius 3 is 2.38 bits per heavy atom. The van der Waals surface area contributed by atoms with Crippen LogP contribution < -0.4 is 16.0 Å². The molecular weight excluding hydrogens is 334 g/mol. The van der Waals surface area contributed by atoms with Gasteiger partial charge in [0.2, 0.25) is 11.8 Å². The first kappa shape index (κ1) is 18.4. The van der Waals surface area contributed by atoms with E-state index in [4.69, 9.17) is 5.11 Å². The van der Waals surface area contributed by atoms with E-state index in [9.17, 15) is 14.4 Å². The summed E-state index contributed by atoms with van der Waals surface area (Å²) in [6.07, 6.45) is 5.70. The monoisotopic (exact) mass is 359 g/mol. The Kier molecular flexibility index (Phi) is 5.88. The number of amides is 2. The van der Waals surface area contributed by atoms with Gasteiger partial charge in [-0.05, 0) is 18.4 Å². The zero-order chi connectivity index (χ0) is 18.5. The molecule has 4 N–H and O–H groups in total. The van der Waals surface area contributed by atoms with Crippen molar-refractivity contribution in [2.45, 2.75) is 62.7 Å². The Morgan fingerprint density at radius 1 is 1.08 bits per heavy atom. The maximum atomic E-state index is 12.7. The van der Waals surface area contributed by atoms with Gasteiger partial charge in [0.1, 0.15) is 18.1 Å². The molecule has 1 saturated carbocycles. The second-order valence-corrected chi connectivity index (χ2v) is 7.05. The topological polar surface area (TPSA) is 117 Å². The highest BCUT2D eigenvalue weighted by Gasteiger charge is 2.48. The number of carbonyl (C=O) groups is 3. The fourth-order valence-corrected chi connectivity index (χ4v) is 3.45. The molecule has 0 bridgehead atoms. The van der Waals surface area contributed by atoms with Gasteiger partial charge in [-0.15, -0.1) is 0 Å². The van der Waals surface area contributed by atoms with E-state index in [2.05, 4.69) is 16.0 Å². The summed E-state index contributed by atoms with van der Waals surface area (Å²) in [6.45, 7) is 0. The molecule has 26 heavy (non-hydrogen) atoms. The fraction of sp³-hybridized carbons (Fsp3) is 0.526. The molecule has 3 rings (SSSR count). The SMILES string of the molecule is O=C(NC1CCCCC1)[C@H](Cc1ccccc1)NC(=O)[C@H]1N[C@@H]1C(=O)O. The molecule has 1 heterocycles. The van der Waals surface area contributed by atoms with Gasteiger partial charge in [-0.3, -0.25) is 19.7 Å². The average molecular weight is 359 g/mol. The first-order valence-electron chi connectivity index (χ1n) is 9.18. The molecule has 7 heteroatoms. The highest BCUT2D eigenvalue weighted by atomic mass is 16.4. The Morgan fingerprint density at radius 2 is 1.77 bits per heavy atom. The number of benzene rings is 1. The lowest BCUT2D eigenvalue weighted by Crippen LogP contribution is -2.52. The van der Waals surface area contributed by atoms with Gasteiger partial charge in [0.15, 0.2) is 0 Å². The van der Waals surface area contributed by atoms with Gasteiger partial charge < -0.3 is 15.7 Å². The van der Waals surface area contributed by atoms with Crippen LogP contribution in [-0.2, 0) is 20.8 Å². The van der Waals surface area contributed by atoms with Gasteiger partial charge in [-0.2, -0.15) is 0 Å².